The fourth-order valence-electron chi connectivity index (χ4n) is 9.90. The van der Waals surface area contributed by atoms with Crippen molar-refractivity contribution >= 4 is 29.5 Å². The van der Waals surface area contributed by atoms with Crippen molar-refractivity contribution in [1.29, 1.82) is 0 Å². The van der Waals surface area contributed by atoms with Gasteiger partial charge in [0.1, 0.15) is 41.9 Å². The summed E-state index contributed by atoms with van der Waals surface area (Å²) in [5.74, 6) is -1.82. The highest BCUT2D eigenvalue weighted by Crippen LogP contribution is 2.62. The zero-order valence-electron chi connectivity index (χ0n) is 39.1. The Morgan fingerprint density at radius 1 is 0.859 bits per heavy atom. The smallest absolute Gasteiger partial charge is 0.415 e. The molecule has 6 atom stereocenters. The summed E-state index contributed by atoms with van der Waals surface area (Å²) >= 11 is 0. The van der Waals surface area contributed by atoms with Gasteiger partial charge in [0.05, 0.1) is 47.9 Å². The van der Waals surface area contributed by atoms with Gasteiger partial charge in [-0.15, -0.1) is 6.58 Å². The molecule has 6 unspecified atom stereocenters. The lowest BCUT2D eigenvalue weighted by Crippen LogP contribution is -2.70. The Bertz CT molecular complexity index is 2550. The maximum absolute atomic E-state index is 14.9. The number of aliphatic hydroxyl groups excluding tert-OH is 3. The highest BCUT2D eigenvalue weighted by molar-refractivity contribution is 6.03. The Morgan fingerprint density at radius 2 is 1.55 bits per heavy atom. The molecule has 0 spiro atoms. The van der Waals surface area contributed by atoms with E-state index in [0.29, 0.717) is 72.6 Å². The van der Waals surface area contributed by atoms with E-state index in [9.17, 15) is 45.1 Å². The van der Waals surface area contributed by atoms with Gasteiger partial charge in [0.15, 0.2) is 0 Å². The van der Waals surface area contributed by atoms with Crippen LogP contribution in [0.4, 0.5) is 16.2 Å². The van der Waals surface area contributed by atoms with Crippen molar-refractivity contribution in [3.8, 4) is 23.0 Å². The average Bonchev–Trinajstić information content (AvgIpc) is 3.37. The fourth-order valence-corrected chi connectivity index (χ4v) is 9.90. The molecule has 4 aromatic carbocycles. The van der Waals surface area contributed by atoms with Gasteiger partial charge in [-0.1, -0.05) is 42.3 Å². The molecular weight excluding hydrogens is 921 g/mol. The van der Waals surface area contributed by atoms with Crippen LogP contribution in [0.3, 0.4) is 0 Å². The molecule has 3 aliphatic rings. The number of non-ortho nitro benzene ring substituents is 2. The standard InChI is InChI=1S/C52H58N4O15/c1-2-26-67-52-48(54(22-27-66-28-25-59)51(61)70-40-18-16-39(17-19-40)56(64)65)32-46(53-68-34-35-12-14-38(15-13-35)55(62)63)44-30-37(9-3-5-23-57)43(11-4-6-24-58)49(50(44)52)45-31-42(20-21-47(45)71-52)69-41-10-7-8-36(29-41)33-60/h2,7-8,10,12-21,29-31,33,37,43,48-50,57-59H,1,3-6,9,11,22-28,32,34H2. The molecule has 1 heterocycles. The first-order valence-electron chi connectivity index (χ1n) is 23.6. The van der Waals surface area contributed by atoms with Crippen LogP contribution in [0.2, 0.25) is 0 Å². The highest BCUT2D eigenvalue weighted by atomic mass is 16.7. The van der Waals surface area contributed by atoms with E-state index in [2.05, 4.69) is 12.7 Å². The number of nitro groups is 2. The number of allylic oxidation sites excluding steroid dienone is 1. The molecule has 1 fully saturated rings. The van der Waals surface area contributed by atoms with Crippen LogP contribution in [0, 0.1) is 38.0 Å². The monoisotopic (exact) mass is 978 g/mol. The van der Waals surface area contributed by atoms with Crippen LogP contribution in [0.1, 0.15) is 72.3 Å². The zero-order valence-corrected chi connectivity index (χ0v) is 39.1. The third-order valence-corrected chi connectivity index (χ3v) is 13.0. The van der Waals surface area contributed by atoms with Gasteiger partial charge in [0.25, 0.3) is 11.4 Å². The largest absolute Gasteiger partial charge is 0.459 e. The van der Waals surface area contributed by atoms with Gasteiger partial charge in [-0.05, 0) is 103 Å². The van der Waals surface area contributed by atoms with Gasteiger partial charge >= 0.3 is 6.09 Å². The summed E-state index contributed by atoms with van der Waals surface area (Å²) < 4.78 is 32.4. The van der Waals surface area contributed by atoms with Crippen molar-refractivity contribution in [3.63, 3.8) is 0 Å². The molecule has 0 saturated heterocycles. The van der Waals surface area contributed by atoms with Crippen molar-refractivity contribution in [1.82, 2.24) is 4.90 Å². The average molecular weight is 979 g/mol. The molecule has 1 amide bonds. The van der Waals surface area contributed by atoms with Gasteiger partial charge in [0.2, 0.25) is 5.79 Å². The predicted molar refractivity (Wildman–Crippen MR) is 258 cm³/mol. The number of nitrogens with zero attached hydrogens (tertiary/aromatic N) is 4. The van der Waals surface area contributed by atoms with Crippen molar-refractivity contribution in [2.24, 2.45) is 22.9 Å². The number of carbonyl (C=O) groups excluding carboxylic acids is 2. The topological polar surface area (TPSA) is 252 Å². The summed E-state index contributed by atoms with van der Waals surface area (Å²) in [4.78, 5) is 56.0. The van der Waals surface area contributed by atoms with E-state index in [1.54, 1.807) is 54.6 Å². The van der Waals surface area contributed by atoms with Gasteiger partial charge in [0, 0.05) is 67.5 Å². The van der Waals surface area contributed by atoms with Gasteiger partial charge in [-0.2, -0.15) is 0 Å². The SMILES string of the molecule is C=CCOC12Oc3ccc(Oc4cccc(C=O)c4)cc3C3C(CCCCO)C(CCCCO)C=C(C(=NOCc4ccc([N+](=O)[O-])cc4)CC1N(CCOCCO)C(=O)Oc1ccc([N+](=O)[O-])cc1)C32. The van der Waals surface area contributed by atoms with Crippen LogP contribution >= 0.6 is 0 Å². The fraction of sp³-hybridized carbons (Fsp3) is 0.404. The molecule has 1 saturated carbocycles. The Morgan fingerprint density at radius 3 is 2.23 bits per heavy atom. The predicted octanol–water partition coefficient (Wildman–Crippen LogP) is 8.45. The third kappa shape index (κ3) is 12.3. The normalized spacial score (nSPS) is 21.4. The molecule has 4 aromatic rings. The number of unbranched alkanes of at least 4 members (excludes halogenated alkanes) is 2. The molecule has 0 aromatic heterocycles. The number of fused-ring (bicyclic) bond motifs is 2. The van der Waals surface area contributed by atoms with Gasteiger partial charge < -0.3 is 43.8 Å². The first-order valence-corrected chi connectivity index (χ1v) is 23.6. The second-order valence-corrected chi connectivity index (χ2v) is 17.4. The Hall–Kier alpha value is -7.03. The number of rotatable bonds is 26. The van der Waals surface area contributed by atoms with Crippen LogP contribution in [-0.4, -0.2) is 106 Å². The highest BCUT2D eigenvalue weighted by Gasteiger charge is 2.65. The molecule has 2 aliphatic carbocycles. The van der Waals surface area contributed by atoms with Crippen molar-refractivity contribution in [2.75, 3.05) is 46.2 Å². The minimum atomic E-state index is -1.72. The minimum Gasteiger partial charge on any atom is -0.459 e. The first-order chi connectivity index (χ1) is 34.5. The lowest BCUT2D eigenvalue weighted by Gasteiger charge is -2.59. The summed E-state index contributed by atoms with van der Waals surface area (Å²) in [6, 6.07) is 22.1. The second-order valence-electron chi connectivity index (χ2n) is 17.4. The molecule has 376 valence electrons. The summed E-state index contributed by atoms with van der Waals surface area (Å²) in [7, 11) is 0. The van der Waals surface area contributed by atoms with E-state index in [0.717, 1.165) is 17.4 Å². The lowest BCUT2D eigenvalue weighted by molar-refractivity contribution is -0.385. The van der Waals surface area contributed by atoms with E-state index in [1.807, 2.05) is 6.07 Å². The van der Waals surface area contributed by atoms with E-state index in [-0.39, 0.29) is 88.2 Å². The number of aldehydes is 1. The summed E-state index contributed by atoms with van der Waals surface area (Å²) in [6.07, 6.45) is 7.34. The van der Waals surface area contributed by atoms with E-state index >= 15 is 0 Å². The molecule has 3 N–H and O–H groups in total. The van der Waals surface area contributed by atoms with Crippen LogP contribution in [0.25, 0.3) is 0 Å². The van der Waals surface area contributed by atoms with E-state index in [1.165, 1.54) is 41.3 Å². The van der Waals surface area contributed by atoms with Gasteiger partial charge in [-0.25, -0.2) is 4.79 Å². The Kier molecular flexibility index (Phi) is 18.0. The molecule has 19 nitrogen and oxygen atoms in total. The number of carbonyl (C=O) groups is 2. The van der Waals surface area contributed by atoms with Crippen LogP contribution in [0.15, 0.2) is 120 Å². The number of oxime groups is 1. The van der Waals surface area contributed by atoms with Crippen LogP contribution in [-0.2, 0) is 20.9 Å². The van der Waals surface area contributed by atoms with Crippen molar-refractivity contribution in [2.45, 2.75) is 69.3 Å². The molecule has 19 heteroatoms. The molecular formula is C52H58N4O15. The second kappa shape index (κ2) is 24.7. The van der Waals surface area contributed by atoms with Crippen molar-refractivity contribution in [3.05, 3.63) is 152 Å². The summed E-state index contributed by atoms with van der Waals surface area (Å²) in [5.41, 5.74) is 2.67. The maximum atomic E-state index is 14.9. The first kappa shape index (κ1) is 51.8. The Labute approximate surface area is 410 Å². The molecule has 71 heavy (non-hydrogen) atoms. The number of benzene rings is 4. The van der Waals surface area contributed by atoms with Crippen LogP contribution in [0.5, 0.6) is 23.0 Å². The molecule has 1 aliphatic heterocycles. The minimum absolute atomic E-state index is 0.00437. The summed E-state index contributed by atoms with van der Waals surface area (Å²) in [5, 5.41) is 57.4. The number of hydrogen-bond donors (Lipinski definition) is 3. The van der Waals surface area contributed by atoms with Crippen molar-refractivity contribution < 1.29 is 63.3 Å². The molecule has 7 rings (SSSR count). The van der Waals surface area contributed by atoms with Crippen LogP contribution < -0.4 is 14.2 Å². The lowest BCUT2D eigenvalue weighted by atomic mass is 9.55. The van der Waals surface area contributed by atoms with E-state index < -0.39 is 39.6 Å². The number of aliphatic hydroxyl groups is 3. The quantitative estimate of drug-likeness (QED) is 0.0175. The molecule has 0 bridgehead atoms. The zero-order chi connectivity index (χ0) is 50.3. The number of hydrogen-bond acceptors (Lipinski definition) is 16. The number of nitro benzene ring substituents is 2. The Balaban J connectivity index is 1.43. The van der Waals surface area contributed by atoms with E-state index in [4.69, 9.17) is 33.7 Å². The summed E-state index contributed by atoms with van der Waals surface area (Å²) in [6.45, 7) is 3.35. The van der Waals surface area contributed by atoms with Gasteiger partial charge in [-0.3, -0.25) is 29.9 Å². The number of ether oxygens (including phenoxy) is 5. The third-order valence-electron chi connectivity index (χ3n) is 13.0. The maximum Gasteiger partial charge on any atom is 0.415 e. The molecule has 0 radical (unpaired) electrons. The number of amides is 1.